The van der Waals surface area contributed by atoms with Gasteiger partial charge in [-0.05, 0) is 12.5 Å². The van der Waals surface area contributed by atoms with Gasteiger partial charge in [-0.2, -0.15) is 0 Å². The molecule has 1 unspecified atom stereocenters. The van der Waals surface area contributed by atoms with E-state index < -0.39 is 0 Å². The first-order valence-electron chi connectivity index (χ1n) is 3.17. The summed E-state index contributed by atoms with van der Waals surface area (Å²) in [6, 6.07) is 10.1. The van der Waals surface area contributed by atoms with E-state index in [0.717, 1.165) is 0 Å². The van der Waals surface area contributed by atoms with Crippen LogP contribution in [0, 0.1) is 0 Å². The van der Waals surface area contributed by atoms with Crippen LogP contribution in [0.15, 0.2) is 30.3 Å². The zero-order chi connectivity index (χ0) is 7.40. The molecule has 0 spiro atoms. The maximum absolute atomic E-state index is 4.95. The number of halogens is 1. The van der Waals surface area contributed by atoms with E-state index in [4.69, 9.17) is 3.83 Å². The first kappa shape index (κ1) is 7.76. The van der Waals surface area contributed by atoms with Gasteiger partial charge in [0.15, 0.2) is 0 Å². The number of rotatable bonds is 2. The summed E-state index contributed by atoms with van der Waals surface area (Å²) in [6.07, 6.45) is 0.126. The first-order chi connectivity index (χ1) is 4.84. The van der Waals surface area contributed by atoms with Crippen LogP contribution in [0.25, 0.3) is 0 Å². The highest BCUT2D eigenvalue weighted by molar-refractivity contribution is 9.06. The number of benzene rings is 1. The molecule has 1 nitrogen and oxygen atoms in total. The maximum Gasteiger partial charge on any atom is 0.0994 e. The Morgan fingerprint density at radius 2 is 1.90 bits per heavy atom. The van der Waals surface area contributed by atoms with Crippen molar-refractivity contribution in [2.45, 2.75) is 13.0 Å². The van der Waals surface area contributed by atoms with E-state index in [0.29, 0.717) is 0 Å². The fraction of sp³-hybridized carbons (Fsp3) is 0.250. The lowest BCUT2D eigenvalue weighted by Gasteiger charge is -2.05. The Hall–Kier alpha value is -0.340. The fourth-order valence-electron chi connectivity index (χ4n) is 0.775. The van der Waals surface area contributed by atoms with Gasteiger partial charge in [0.05, 0.1) is 22.4 Å². The molecule has 0 aliphatic rings. The van der Waals surface area contributed by atoms with Crippen LogP contribution in [-0.4, -0.2) is 0 Å². The molecule has 0 aliphatic heterocycles. The van der Waals surface area contributed by atoms with Crippen molar-refractivity contribution in [1.29, 1.82) is 0 Å². The monoisotopic (exact) mass is 200 g/mol. The van der Waals surface area contributed by atoms with Gasteiger partial charge in [-0.1, -0.05) is 30.3 Å². The molecule has 0 bridgehead atoms. The van der Waals surface area contributed by atoms with Gasteiger partial charge >= 0.3 is 0 Å². The highest BCUT2D eigenvalue weighted by atomic mass is 79.9. The van der Waals surface area contributed by atoms with Crippen molar-refractivity contribution in [3.63, 3.8) is 0 Å². The van der Waals surface area contributed by atoms with Crippen LogP contribution in [0.4, 0.5) is 0 Å². The van der Waals surface area contributed by atoms with Crippen molar-refractivity contribution in [3.8, 4) is 0 Å². The Bertz CT molecular complexity index is 186. The van der Waals surface area contributed by atoms with Gasteiger partial charge in [0, 0.05) is 0 Å². The predicted molar refractivity (Wildman–Crippen MR) is 44.9 cm³/mol. The van der Waals surface area contributed by atoms with E-state index >= 15 is 0 Å². The lowest BCUT2D eigenvalue weighted by molar-refractivity contribution is 0.292. The van der Waals surface area contributed by atoms with Gasteiger partial charge in [0.2, 0.25) is 0 Å². The molecule has 0 saturated carbocycles. The van der Waals surface area contributed by atoms with E-state index in [1.807, 2.05) is 37.3 Å². The normalized spacial score (nSPS) is 13.0. The summed E-state index contributed by atoms with van der Waals surface area (Å²) in [7, 11) is 0. The zero-order valence-electron chi connectivity index (χ0n) is 5.75. The SMILES string of the molecule is CC(OBr)c1ccccc1. The number of hydrogen-bond donors (Lipinski definition) is 0. The fourth-order valence-corrected chi connectivity index (χ4v) is 0.991. The Morgan fingerprint density at radius 1 is 1.30 bits per heavy atom. The summed E-state index contributed by atoms with van der Waals surface area (Å²) in [6.45, 7) is 1.99. The lowest BCUT2D eigenvalue weighted by Crippen LogP contribution is -1.89. The van der Waals surface area contributed by atoms with E-state index in [2.05, 4.69) is 16.3 Å². The van der Waals surface area contributed by atoms with Crippen LogP contribution in [0.3, 0.4) is 0 Å². The molecule has 0 heterocycles. The van der Waals surface area contributed by atoms with Gasteiger partial charge < -0.3 is 3.83 Å². The second-order valence-corrected chi connectivity index (χ2v) is 2.52. The third-order valence-corrected chi connectivity index (χ3v) is 1.96. The van der Waals surface area contributed by atoms with Crippen molar-refractivity contribution in [2.75, 3.05) is 0 Å². The minimum absolute atomic E-state index is 0.126. The average molecular weight is 201 g/mol. The topological polar surface area (TPSA) is 9.23 Å². The molecule has 0 aromatic heterocycles. The molecular formula is C8H9BrO. The van der Waals surface area contributed by atoms with Gasteiger partial charge in [-0.25, -0.2) is 0 Å². The average Bonchev–Trinajstić information content (AvgIpc) is 2.05. The highest BCUT2D eigenvalue weighted by Gasteiger charge is 2.00. The molecule has 0 fully saturated rings. The maximum atomic E-state index is 4.95. The van der Waals surface area contributed by atoms with E-state index in [1.165, 1.54) is 5.56 Å². The predicted octanol–water partition coefficient (Wildman–Crippen LogP) is 3.07. The molecule has 1 rings (SSSR count). The Balaban J connectivity index is 2.75. The van der Waals surface area contributed by atoms with E-state index in [-0.39, 0.29) is 6.10 Å². The van der Waals surface area contributed by atoms with Crippen molar-refractivity contribution in [2.24, 2.45) is 0 Å². The summed E-state index contributed by atoms with van der Waals surface area (Å²) in [5.74, 6) is 0. The molecule has 10 heavy (non-hydrogen) atoms. The van der Waals surface area contributed by atoms with E-state index in [1.54, 1.807) is 0 Å². The quantitative estimate of drug-likeness (QED) is 0.714. The summed E-state index contributed by atoms with van der Waals surface area (Å²) in [5.41, 5.74) is 1.18. The molecule has 0 aliphatic carbocycles. The van der Waals surface area contributed by atoms with Crippen molar-refractivity contribution in [1.82, 2.24) is 0 Å². The molecule has 0 saturated heterocycles. The van der Waals surface area contributed by atoms with Crippen molar-refractivity contribution < 1.29 is 3.83 Å². The van der Waals surface area contributed by atoms with Crippen LogP contribution in [0.5, 0.6) is 0 Å². The lowest BCUT2D eigenvalue weighted by atomic mass is 10.1. The second-order valence-electron chi connectivity index (χ2n) is 2.14. The first-order valence-corrected chi connectivity index (χ1v) is 3.81. The van der Waals surface area contributed by atoms with Gasteiger partial charge in [0.25, 0.3) is 0 Å². The van der Waals surface area contributed by atoms with Crippen LogP contribution in [0.2, 0.25) is 0 Å². The highest BCUT2D eigenvalue weighted by Crippen LogP contribution is 2.17. The van der Waals surface area contributed by atoms with Gasteiger partial charge in [-0.3, -0.25) is 0 Å². The van der Waals surface area contributed by atoms with Crippen LogP contribution in [-0.2, 0) is 3.83 Å². The minimum atomic E-state index is 0.126. The third kappa shape index (κ3) is 1.82. The largest absolute Gasteiger partial charge is 0.300 e. The summed E-state index contributed by atoms with van der Waals surface area (Å²) in [5, 5.41) is 0. The number of hydrogen-bond acceptors (Lipinski definition) is 1. The van der Waals surface area contributed by atoms with Gasteiger partial charge in [-0.15, -0.1) is 0 Å². The van der Waals surface area contributed by atoms with Crippen LogP contribution >= 0.6 is 16.3 Å². The molecule has 1 atom stereocenters. The summed E-state index contributed by atoms with van der Waals surface area (Å²) < 4.78 is 4.95. The molecule has 1 aromatic rings. The van der Waals surface area contributed by atoms with Crippen LogP contribution < -0.4 is 0 Å². The zero-order valence-corrected chi connectivity index (χ0v) is 7.34. The second kappa shape index (κ2) is 3.74. The summed E-state index contributed by atoms with van der Waals surface area (Å²) in [4.78, 5) is 0. The molecule has 54 valence electrons. The van der Waals surface area contributed by atoms with Gasteiger partial charge in [0.1, 0.15) is 0 Å². The molecular weight excluding hydrogens is 192 g/mol. The van der Waals surface area contributed by atoms with E-state index in [9.17, 15) is 0 Å². The standard InChI is InChI=1S/C8H9BrO/c1-7(10-9)8-5-3-2-4-6-8/h2-7H,1H3. The molecule has 1 aromatic carbocycles. The van der Waals surface area contributed by atoms with Crippen molar-refractivity contribution >= 4 is 16.3 Å². The Labute approximate surface area is 69.5 Å². The third-order valence-electron chi connectivity index (χ3n) is 1.40. The molecule has 0 radical (unpaired) electrons. The van der Waals surface area contributed by atoms with Crippen molar-refractivity contribution in [3.05, 3.63) is 35.9 Å². The van der Waals surface area contributed by atoms with Crippen LogP contribution in [0.1, 0.15) is 18.6 Å². The Morgan fingerprint density at radius 3 is 2.40 bits per heavy atom. The Kier molecular flexibility index (Phi) is 2.90. The summed E-state index contributed by atoms with van der Waals surface area (Å²) >= 11 is 2.95. The molecule has 2 heteroatoms. The minimum Gasteiger partial charge on any atom is -0.300 e. The molecule has 0 N–H and O–H groups in total. The molecule has 0 amide bonds. The smallest absolute Gasteiger partial charge is 0.0994 e.